The van der Waals surface area contributed by atoms with E-state index in [9.17, 15) is 18.3 Å². The molecule has 2 N–H and O–H groups in total. The number of hydrogen-bond acceptors (Lipinski definition) is 7. The number of aliphatic hydroxyl groups is 1. The van der Waals surface area contributed by atoms with Crippen molar-refractivity contribution in [2.24, 2.45) is 5.92 Å². The third-order valence-corrected chi connectivity index (χ3v) is 9.13. The fourth-order valence-corrected chi connectivity index (χ4v) is 6.21. The number of ether oxygens (including phenoxy) is 2. The zero-order valence-corrected chi connectivity index (χ0v) is 26.8. The topological polar surface area (TPSA) is 108 Å². The van der Waals surface area contributed by atoms with Gasteiger partial charge in [0.25, 0.3) is 15.9 Å². The molecule has 0 saturated carbocycles. The van der Waals surface area contributed by atoms with E-state index in [2.05, 4.69) is 30.5 Å². The summed E-state index contributed by atoms with van der Waals surface area (Å²) in [7, 11) is -1.80. The van der Waals surface area contributed by atoms with Crippen molar-refractivity contribution in [1.82, 2.24) is 9.80 Å². The highest BCUT2D eigenvalue weighted by Gasteiger charge is 2.30. The second-order valence-corrected chi connectivity index (χ2v) is 13.4. The quantitative estimate of drug-likeness (QED) is 0.418. The number of anilines is 1. The molecule has 9 nitrogen and oxygen atoms in total. The Kier molecular flexibility index (Phi) is 12.7. The van der Waals surface area contributed by atoms with E-state index >= 15 is 0 Å². The number of hydrogen-bond donors (Lipinski definition) is 2. The van der Waals surface area contributed by atoms with Crippen molar-refractivity contribution >= 4 is 21.6 Å². The predicted molar refractivity (Wildman–Crippen MR) is 167 cm³/mol. The lowest BCUT2D eigenvalue weighted by Gasteiger charge is -2.35. The molecule has 10 heteroatoms. The Morgan fingerprint density at radius 2 is 1.86 bits per heavy atom. The molecule has 4 atom stereocenters. The van der Waals surface area contributed by atoms with Crippen molar-refractivity contribution in [3.05, 3.63) is 53.6 Å². The number of amides is 1. The fourth-order valence-electron chi connectivity index (χ4n) is 5.16. The van der Waals surface area contributed by atoms with E-state index in [-0.39, 0.29) is 46.8 Å². The highest BCUT2D eigenvalue weighted by molar-refractivity contribution is 7.92. The molecule has 0 bridgehead atoms. The molecule has 234 valence electrons. The maximum Gasteiger partial charge on any atom is 0.261 e. The first-order valence-corrected chi connectivity index (χ1v) is 16.6. The van der Waals surface area contributed by atoms with Gasteiger partial charge in [0, 0.05) is 31.3 Å². The van der Waals surface area contributed by atoms with Gasteiger partial charge in [-0.2, -0.15) is 0 Å². The van der Waals surface area contributed by atoms with E-state index in [0.717, 1.165) is 44.3 Å². The Morgan fingerprint density at radius 3 is 2.52 bits per heavy atom. The first kappa shape index (κ1) is 33.8. The van der Waals surface area contributed by atoms with E-state index in [0.29, 0.717) is 18.9 Å². The van der Waals surface area contributed by atoms with Crippen LogP contribution in [0.2, 0.25) is 0 Å². The number of carbonyl (C=O) groups excluding carboxylic acids is 1. The minimum atomic E-state index is -3.88. The predicted octanol–water partition coefficient (Wildman–Crippen LogP) is 4.93. The van der Waals surface area contributed by atoms with Crippen molar-refractivity contribution in [2.75, 3.05) is 44.6 Å². The molecule has 42 heavy (non-hydrogen) atoms. The number of likely N-dealkylation sites (N-methyl/N-ethyl adjacent to an activating group) is 1. The third-order valence-electron chi connectivity index (χ3n) is 7.73. The van der Waals surface area contributed by atoms with Gasteiger partial charge in [0.1, 0.15) is 5.75 Å². The van der Waals surface area contributed by atoms with E-state index in [4.69, 9.17) is 9.47 Å². The van der Waals surface area contributed by atoms with Crippen LogP contribution >= 0.6 is 0 Å². The molecule has 0 radical (unpaired) electrons. The zero-order valence-electron chi connectivity index (χ0n) is 26.0. The minimum Gasteiger partial charge on any atom is -0.490 e. The number of nitrogens with one attached hydrogen (secondary N) is 1. The van der Waals surface area contributed by atoms with E-state index in [1.807, 2.05) is 13.8 Å². The number of fused-ring (bicyclic) bond motifs is 1. The lowest BCUT2D eigenvalue weighted by molar-refractivity contribution is -0.0167. The van der Waals surface area contributed by atoms with Crippen molar-refractivity contribution in [2.45, 2.75) is 83.4 Å². The lowest BCUT2D eigenvalue weighted by atomic mass is 10.0. The molecule has 0 fully saturated rings. The molecule has 0 spiro atoms. The number of benzene rings is 2. The number of aryl methyl sites for hydroxylation is 1. The average molecular weight is 604 g/mol. The largest absolute Gasteiger partial charge is 0.490 e. The van der Waals surface area contributed by atoms with Crippen molar-refractivity contribution < 1.29 is 27.8 Å². The normalized spacial score (nSPS) is 21.8. The number of nitrogens with zero attached hydrogens (tertiary/aromatic N) is 2. The van der Waals surface area contributed by atoms with Crippen LogP contribution in [0.4, 0.5) is 5.69 Å². The van der Waals surface area contributed by atoms with E-state index < -0.39 is 16.1 Å². The van der Waals surface area contributed by atoms with Gasteiger partial charge >= 0.3 is 0 Å². The number of carbonyl (C=O) groups is 1. The van der Waals surface area contributed by atoms with Crippen LogP contribution in [0.3, 0.4) is 0 Å². The van der Waals surface area contributed by atoms with E-state index in [1.54, 1.807) is 48.2 Å². The second-order valence-electron chi connectivity index (χ2n) is 11.7. The summed E-state index contributed by atoms with van der Waals surface area (Å²) in [4.78, 5) is 18.3. The molecular formula is C32H49N3O6S. The minimum absolute atomic E-state index is 0.0169. The third kappa shape index (κ3) is 9.42. The summed E-state index contributed by atoms with van der Waals surface area (Å²) < 4.78 is 41.5. The Morgan fingerprint density at radius 1 is 1.14 bits per heavy atom. The fraction of sp³-hybridized carbons (Fsp3) is 0.594. The summed E-state index contributed by atoms with van der Waals surface area (Å²) in [5.74, 6) is 0.0394. The van der Waals surface area contributed by atoms with Gasteiger partial charge in [-0.15, -0.1) is 0 Å². The van der Waals surface area contributed by atoms with Crippen LogP contribution in [0.25, 0.3) is 0 Å². The molecule has 1 heterocycles. The maximum atomic E-state index is 14.2. The monoisotopic (exact) mass is 603 g/mol. The SMILES string of the molecule is CCCN(C)C[C@H]1OCCCC[C@@H](C)Oc2ccc(NS(=O)(=O)c3ccc(C)cc3)cc2C(=O)N([C@H](C)CO)C[C@H]1C. The van der Waals surface area contributed by atoms with Crippen molar-refractivity contribution in [1.29, 1.82) is 0 Å². The standard InChI is InChI=1S/C32H49N3O6S/c1-7-17-34(6)21-31-24(3)20-35(25(4)22-36)32(37)29-19-27(33-42(38,39)28-14-11-23(2)12-15-28)13-16-30(29)41-26(5)10-8-9-18-40-31/h11-16,19,24-26,31,33,36H,7-10,17-18,20-22H2,1-6H3/t24-,25-,26-,31-/m1/s1. The van der Waals surface area contributed by atoms with Gasteiger partial charge in [0.2, 0.25) is 0 Å². The molecule has 3 rings (SSSR count). The average Bonchev–Trinajstić information content (AvgIpc) is 2.94. The summed E-state index contributed by atoms with van der Waals surface area (Å²) in [5, 5.41) is 10.1. The summed E-state index contributed by atoms with van der Waals surface area (Å²) in [6.07, 6.45) is 3.38. The molecule has 1 amide bonds. The van der Waals surface area contributed by atoms with Gasteiger partial charge in [-0.1, -0.05) is 31.5 Å². The lowest BCUT2D eigenvalue weighted by Crippen LogP contribution is -2.47. The van der Waals surface area contributed by atoms with Gasteiger partial charge in [-0.3, -0.25) is 9.52 Å². The number of aliphatic hydroxyl groups excluding tert-OH is 1. The number of rotatable bonds is 9. The van der Waals surface area contributed by atoms with Crippen LogP contribution in [-0.4, -0.2) is 87.4 Å². The van der Waals surface area contributed by atoms with E-state index in [1.165, 1.54) is 6.07 Å². The van der Waals surface area contributed by atoms with Gasteiger partial charge in [0.15, 0.2) is 0 Å². The van der Waals surface area contributed by atoms with Crippen molar-refractivity contribution in [3.63, 3.8) is 0 Å². The van der Waals surface area contributed by atoms with Crippen LogP contribution in [-0.2, 0) is 14.8 Å². The maximum absolute atomic E-state index is 14.2. The Labute approximate surface area is 252 Å². The van der Waals surface area contributed by atoms with Crippen LogP contribution in [0.5, 0.6) is 5.75 Å². The zero-order chi connectivity index (χ0) is 30.9. The molecule has 2 aromatic rings. The molecule has 0 saturated heterocycles. The van der Waals surface area contributed by atoms with Gasteiger partial charge in [0.05, 0.1) is 35.3 Å². The Balaban J connectivity index is 2.00. The molecule has 0 aliphatic carbocycles. The molecule has 1 aliphatic heterocycles. The molecule has 0 aromatic heterocycles. The first-order valence-electron chi connectivity index (χ1n) is 15.1. The van der Waals surface area contributed by atoms with Crippen LogP contribution in [0, 0.1) is 12.8 Å². The first-order chi connectivity index (χ1) is 19.9. The van der Waals surface area contributed by atoms with Gasteiger partial charge < -0.3 is 24.4 Å². The molecule has 2 aromatic carbocycles. The molecule has 0 unspecified atom stereocenters. The smallest absolute Gasteiger partial charge is 0.261 e. The van der Waals surface area contributed by atoms with Gasteiger partial charge in [-0.05, 0) is 90.4 Å². The highest BCUT2D eigenvalue weighted by Crippen LogP contribution is 2.29. The Hall–Kier alpha value is -2.66. The van der Waals surface area contributed by atoms with Gasteiger partial charge in [-0.25, -0.2) is 8.42 Å². The highest BCUT2D eigenvalue weighted by atomic mass is 32.2. The van der Waals surface area contributed by atoms with Crippen LogP contribution < -0.4 is 9.46 Å². The second kappa shape index (κ2) is 15.7. The molecular weight excluding hydrogens is 554 g/mol. The Bertz CT molecular complexity index is 1250. The summed E-state index contributed by atoms with van der Waals surface area (Å²) >= 11 is 0. The van der Waals surface area contributed by atoms with Crippen LogP contribution in [0.15, 0.2) is 47.4 Å². The molecule has 1 aliphatic rings. The number of sulfonamides is 1. The summed E-state index contributed by atoms with van der Waals surface area (Å²) in [6.45, 7) is 12.4. The summed E-state index contributed by atoms with van der Waals surface area (Å²) in [6, 6.07) is 10.9. The van der Waals surface area contributed by atoms with Crippen LogP contribution in [0.1, 0.15) is 69.3 Å². The van der Waals surface area contributed by atoms with Crippen molar-refractivity contribution in [3.8, 4) is 5.75 Å². The summed E-state index contributed by atoms with van der Waals surface area (Å²) in [5.41, 5.74) is 1.46.